The van der Waals surface area contributed by atoms with Gasteiger partial charge in [0.1, 0.15) is 0 Å². The fourth-order valence-electron chi connectivity index (χ4n) is 7.80. The Labute approximate surface area is 276 Å². The van der Waals surface area contributed by atoms with Gasteiger partial charge in [0.05, 0.1) is 5.41 Å². The van der Waals surface area contributed by atoms with Gasteiger partial charge in [0.2, 0.25) is 0 Å². The minimum absolute atomic E-state index is 0.00233. The van der Waals surface area contributed by atoms with Crippen molar-refractivity contribution in [2.45, 2.75) is 52.4 Å². The van der Waals surface area contributed by atoms with Gasteiger partial charge in [-0.3, -0.25) is 0 Å². The van der Waals surface area contributed by atoms with E-state index in [9.17, 15) is 0 Å². The second-order valence-corrected chi connectivity index (χ2v) is 13.7. The van der Waals surface area contributed by atoms with Crippen LogP contribution in [-0.2, 0) is 10.8 Å². The summed E-state index contributed by atoms with van der Waals surface area (Å²) in [6, 6.07) is 48.2. The molecule has 1 heteroatoms. The first kappa shape index (κ1) is 29.5. The highest BCUT2D eigenvalue weighted by Crippen LogP contribution is 2.58. The average molecular weight is 648 g/mol. The Morgan fingerprint density at radius 1 is 0.467 bits per heavy atom. The Morgan fingerprint density at radius 2 is 1.02 bits per heavy atom. The second-order valence-electron chi connectivity index (χ2n) is 12.8. The Bertz CT molecular complexity index is 2010. The molecule has 222 valence electrons. The molecular weight excluding hydrogens is 608 g/mol. The highest BCUT2D eigenvalue weighted by atomic mass is 79.9. The third kappa shape index (κ3) is 4.32. The van der Waals surface area contributed by atoms with Crippen LogP contribution in [0, 0.1) is 13.8 Å². The maximum atomic E-state index is 3.96. The van der Waals surface area contributed by atoms with Gasteiger partial charge in [-0.25, -0.2) is 0 Å². The van der Waals surface area contributed by atoms with Gasteiger partial charge in [-0.2, -0.15) is 0 Å². The Morgan fingerprint density at radius 3 is 1.69 bits per heavy atom. The molecule has 0 spiro atoms. The summed E-state index contributed by atoms with van der Waals surface area (Å²) in [6.45, 7) is 13.0. The van der Waals surface area contributed by atoms with Crippen molar-refractivity contribution in [2.24, 2.45) is 0 Å². The van der Waals surface area contributed by atoms with Crippen LogP contribution in [0.2, 0.25) is 0 Å². The van der Waals surface area contributed by atoms with E-state index in [1.54, 1.807) is 0 Å². The highest BCUT2D eigenvalue weighted by molar-refractivity contribution is 9.10. The molecule has 6 aromatic carbocycles. The zero-order valence-electron chi connectivity index (χ0n) is 27.0. The molecule has 0 nitrogen and oxygen atoms in total. The molecule has 6 aromatic rings. The molecule has 0 amide bonds. The van der Waals surface area contributed by atoms with Crippen molar-refractivity contribution in [3.05, 3.63) is 176 Å². The van der Waals surface area contributed by atoms with Gasteiger partial charge in [0, 0.05) is 15.5 Å². The first-order chi connectivity index (χ1) is 21.8. The van der Waals surface area contributed by atoms with Gasteiger partial charge < -0.3 is 0 Å². The molecular formula is C44H39Br. The summed E-state index contributed by atoms with van der Waals surface area (Å²) >= 11 is 3.96. The minimum atomic E-state index is -0.433. The molecule has 0 atom stereocenters. The zero-order chi connectivity index (χ0) is 31.5. The van der Waals surface area contributed by atoms with Crippen LogP contribution in [0.15, 0.2) is 132 Å². The van der Waals surface area contributed by atoms with E-state index in [1.807, 2.05) is 13.8 Å². The van der Waals surface area contributed by atoms with Gasteiger partial charge in [-0.15, -0.1) is 0 Å². The molecule has 0 heterocycles. The molecule has 0 unspecified atom stereocenters. The predicted octanol–water partition coefficient (Wildman–Crippen LogP) is 12.4. The quantitative estimate of drug-likeness (QED) is 0.179. The van der Waals surface area contributed by atoms with Crippen LogP contribution < -0.4 is 0 Å². The summed E-state index contributed by atoms with van der Waals surface area (Å²) in [5.41, 5.74) is 18.0. The molecule has 0 radical (unpaired) electrons. The topological polar surface area (TPSA) is 0 Å². The van der Waals surface area contributed by atoms with Crippen LogP contribution >= 0.6 is 15.9 Å². The van der Waals surface area contributed by atoms with Crippen molar-refractivity contribution in [3.8, 4) is 33.4 Å². The number of hydrogen-bond donors (Lipinski definition) is 0. The molecule has 2 aliphatic carbocycles. The molecule has 0 saturated carbocycles. The Kier molecular flexibility index (Phi) is 7.21. The van der Waals surface area contributed by atoms with E-state index in [4.69, 9.17) is 0 Å². The summed E-state index contributed by atoms with van der Waals surface area (Å²) in [4.78, 5) is 0. The van der Waals surface area contributed by atoms with Crippen molar-refractivity contribution in [1.82, 2.24) is 0 Å². The van der Waals surface area contributed by atoms with Crippen LogP contribution in [0.25, 0.3) is 33.4 Å². The number of fused-ring (bicyclic) bond motifs is 6. The van der Waals surface area contributed by atoms with E-state index < -0.39 is 5.41 Å². The number of benzene rings is 6. The van der Waals surface area contributed by atoms with Gasteiger partial charge in [0.25, 0.3) is 0 Å². The van der Waals surface area contributed by atoms with E-state index >= 15 is 0 Å². The van der Waals surface area contributed by atoms with Crippen molar-refractivity contribution >= 4 is 15.9 Å². The van der Waals surface area contributed by atoms with E-state index in [1.165, 1.54) is 77.9 Å². The molecule has 0 aliphatic heterocycles. The molecule has 0 N–H and O–H groups in total. The lowest BCUT2D eigenvalue weighted by molar-refractivity contribution is 0.660. The smallest absolute Gasteiger partial charge is 0.0683 e. The summed E-state index contributed by atoms with van der Waals surface area (Å²) in [5, 5.41) is 0. The fraction of sp³-hybridized carbons (Fsp3) is 0.182. The molecule has 2 aliphatic rings. The average Bonchev–Trinajstić information content (AvgIpc) is 3.49. The van der Waals surface area contributed by atoms with E-state index in [0.29, 0.717) is 0 Å². The lowest BCUT2D eigenvalue weighted by Gasteiger charge is -2.34. The van der Waals surface area contributed by atoms with E-state index in [2.05, 4.69) is 171 Å². The highest BCUT2D eigenvalue weighted by Gasteiger charge is 2.47. The summed E-state index contributed by atoms with van der Waals surface area (Å²) in [7, 11) is 0. The van der Waals surface area contributed by atoms with Crippen molar-refractivity contribution in [2.75, 3.05) is 0 Å². The molecule has 45 heavy (non-hydrogen) atoms. The molecule has 0 fully saturated rings. The molecule has 8 rings (SSSR count). The SMILES string of the molecule is CC.Cc1ccc(C2(c3ccc(C)cc3)c3cc(-c4ccc5c(c4)-c4ccccc4C5(C)C)ccc3-c3c(Br)cccc32)cc1. The maximum Gasteiger partial charge on any atom is 0.0714 e. The predicted molar refractivity (Wildman–Crippen MR) is 195 cm³/mol. The Balaban J connectivity index is 0.00000160. The van der Waals surface area contributed by atoms with Crippen molar-refractivity contribution < 1.29 is 0 Å². The zero-order valence-corrected chi connectivity index (χ0v) is 28.6. The fourth-order valence-corrected chi connectivity index (χ4v) is 8.38. The van der Waals surface area contributed by atoms with Gasteiger partial charge in [0.15, 0.2) is 0 Å². The van der Waals surface area contributed by atoms with Crippen LogP contribution in [0.5, 0.6) is 0 Å². The first-order valence-corrected chi connectivity index (χ1v) is 16.9. The summed E-state index contributed by atoms with van der Waals surface area (Å²) in [6.07, 6.45) is 0. The number of halogens is 1. The van der Waals surface area contributed by atoms with Crippen LogP contribution in [0.4, 0.5) is 0 Å². The molecule has 0 bridgehead atoms. The lowest BCUT2D eigenvalue weighted by Crippen LogP contribution is -2.28. The normalized spacial score (nSPS) is 14.5. The lowest BCUT2D eigenvalue weighted by atomic mass is 9.67. The molecule has 0 saturated heterocycles. The largest absolute Gasteiger partial charge is 0.0714 e. The minimum Gasteiger partial charge on any atom is -0.0683 e. The van der Waals surface area contributed by atoms with E-state index in [0.717, 1.165) is 4.47 Å². The number of hydrogen-bond acceptors (Lipinski definition) is 0. The van der Waals surface area contributed by atoms with Gasteiger partial charge >= 0.3 is 0 Å². The maximum absolute atomic E-state index is 3.96. The summed E-state index contributed by atoms with van der Waals surface area (Å²) in [5.74, 6) is 0. The first-order valence-electron chi connectivity index (χ1n) is 16.1. The van der Waals surface area contributed by atoms with Crippen molar-refractivity contribution in [3.63, 3.8) is 0 Å². The van der Waals surface area contributed by atoms with Crippen LogP contribution in [0.3, 0.4) is 0 Å². The summed E-state index contributed by atoms with van der Waals surface area (Å²) < 4.78 is 1.14. The van der Waals surface area contributed by atoms with Gasteiger partial charge in [-0.05, 0) is 93.2 Å². The third-order valence-corrected chi connectivity index (χ3v) is 10.7. The monoisotopic (exact) mass is 646 g/mol. The standard InChI is InChI=1S/C42H33Br.C2H6/c1-26-12-18-30(19-13-26)42(31-20-14-27(2)15-21-31)37-10-7-11-39(43)40(37)33-22-16-29(25-38(33)42)28-17-23-36-34(24-28)32-8-5-6-9-35(32)41(36,3)4;1-2/h5-25H,1-4H3;1-2H3. The van der Waals surface area contributed by atoms with E-state index in [-0.39, 0.29) is 5.41 Å². The Hall–Kier alpha value is -4.20. The third-order valence-electron chi connectivity index (χ3n) is 10.00. The second kappa shape index (κ2) is 11.0. The number of aryl methyl sites for hydroxylation is 2. The van der Waals surface area contributed by atoms with Crippen LogP contribution in [-0.4, -0.2) is 0 Å². The van der Waals surface area contributed by atoms with Crippen molar-refractivity contribution in [1.29, 1.82) is 0 Å². The number of rotatable bonds is 3. The van der Waals surface area contributed by atoms with Gasteiger partial charge in [-0.1, -0.05) is 164 Å². The van der Waals surface area contributed by atoms with Crippen LogP contribution in [0.1, 0.15) is 72.2 Å². The molecule has 0 aromatic heterocycles.